The van der Waals surface area contributed by atoms with Crippen LogP contribution in [0.5, 0.6) is 0 Å². The monoisotopic (exact) mass is 408 g/mol. The molecule has 2 aromatic rings. The average Bonchev–Trinajstić information content (AvgIpc) is 3.36. The third-order valence-corrected chi connectivity index (χ3v) is 5.63. The zero-order valence-corrected chi connectivity index (χ0v) is 17.1. The van der Waals surface area contributed by atoms with Gasteiger partial charge in [0, 0.05) is 7.05 Å². The van der Waals surface area contributed by atoms with Crippen LogP contribution in [0.25, 0.3) is 0 Å². The zero-order chi connectivity index (χ0) is 21.4. The lowest BCUT2D eigenvalue weighted by Gasteiger charge is -2.31. The molecular weight excluding hydrogens is 384 g/mol. The molecule has 0 spiro atoms. The number of nitrogens with zero attached hydrogens (tertiary/aromatic N) is 2. The van der Waals surface area contributed by atoms with E-state index in [4.69, 9.17) is 4.42 Å². The van der Waals surface area contributed by atoms with Gasteiger partial charge in [-0.1, -0.05) is 29.8 Å². The van der Waals surface area contributed by atoms with Crippen LogP contribution in [0.3, 0.4) is 0 Å². The van der Waals surface area contributed by atoms with E-state index in [0.29, 0.717) is 17.0 Å². The van der Waals surface area contributed by atoms with Gasteiger partial charge in [-0.3, -0.25) is 14.5 Å². The molecule has 0 radical (unpaired) electrons. The fourth-order valence-corrected chi connectivity index (χ4v) is 3.88. The topological polar surface area (TPSA) is 94.9 Å². The molecule has 156 valence electrons. The summed E-state index contributed by atoms with van der Waals surface area (Å²) in [4.78, 5) is 41.5. The molecule has 0 bridgehead atoms. The minimum absolute atomic E-state index is 0.204. The van der Waals surface area contributed by atoms with Crippen LogP contribution in [0.1, 0.15) is 29.9 Å². The van der Waals surface area contributed by atoms with Crippen molar-refractivity contribution in [2.75, 3.05) is 13.6 Å². The molecule has 2 aliphatic heterocycles. The maximum atomic E-state index is 13.3. The molecule has 8 nitrogen and oxygen atoms in total. The van der Waals surface area contributed by atoms with Gasteiger partial charge in [0.15, 0.2) is 0 Å². The molecule has 2 N–H and O–H groups in total. The van der Waals surface area contributed by atoms with Crippen molar-refractivity contribution in [1.29, 1.82) is 0 Å². The Bertz CT molecular complexity index is 1030. The highest BCUT2D eigenvalue weighted by Crippen LogP contribution is 2.36. The number of carbonyl (C=O) groups is 3. The number of amides is 4. The number of benzene rings is 1. The number of nitrogens with one attached hydrogen (secondary N) is 2. The Hall–Kier alpha value is -3.55. The number of urea groups is 1. The number of carbonyl (C=O) groups excluding carboxylic acids is 3. The summed E-state index contributed by atoms with van der Waals surface area (Å²) in [6.07, 6.45) is 1.54. The van der Waals surface area contributed by atoms with Gasteiger partial charge in [0.05, 0.1) is 36.7 Å². The Morgan fingerprint density at radius 1 is 1.30 bits per heavy atom. The maximum Gasteiger partial charge on any atom is 0.322 e. The molecular formula is C22H24N4O4. The van der Waals surface area contributed by atoms with E-state index in [2.05, 4.69) is 10.6 Å². The molecule has 8 heteroatoms. The summed E-state index contributed by atoms with van der Waals surface area (Å²) in [6, 6.07) is 9.72. The molecule has 30 heavy (non-hydrogen) atoms. The SMILES string of the molecule is Cc1cccc([C@@H]2NC(=O)N(C)C3=C2C(=O)N([C@H](C)C(=O)NCc2ccco2)C3)c1. The van der Waals surface area contributed by atoms with Crippen LogP contribution in [0.2, 0.25) is 0 Å². The molecule has 0 aliphatic carbocycles. The first-order valence-corrected chi connectivity index (χ1v) is 9.81. The van der Waals surface area contributed by atoms with Crippen LogP contribution in [0.4, 0.5) is 4.79 Å². The molecule has 2 atom stereocenters. The number of aryl methyl sites for hydroxylation is 1. The van der Waals surface area contributed by atoms with Gasteiger partial charge < -0.3 is 20.0 Å². The molecule has 4 rings (SSSR count). The minimum atomic E-state index is -0.695. The molecule has 0 saturated carbocycles. The van der Waals surface area contributed by atoms with Crippen LogP contribution in [0, 0.1) is 6.92 Å². The van der Waals surface area contributed by atoms with E-state index in [1.807, 2.05) is 31.2 Å². The van der Waals surface area contributed by atoms with Crippen molar-refractivity contribution in [3.63, 3.8) is 0 Å². The maximum absolute atomic E-state index is 13.3. The van der Waals surface area contributed by atoms with E-state index in [1.165, 1.54) is 16.1 Å². The predicted molar refractivity (Wildman–Crippen MR) is 109 cm³/mol. The van der Waals surface area contributed by atoms with Gasteiger partial charge in [-0.2, -0.15) is 0 Å². The Morgan fingerprint density at radius 2 is 2.10 bits per heavy atom. The van der Waals surface area contributed by atoms with Gasteiger partial charge in [-0.15, -0.1) is 0 Å². The highest BCUT2D eigenvalue weighted by atomic mass is 16.3. The summed E-state index contributed by atoms with van der Waals surface area (Å²) in [7, 11) is 1.63. The lowest BCUT2D eigenvalue weighted by Crippen LogP contribution is -2.46. The van der Waals surface area contributed by atoms with Crippen LogP contribution >= 0.6 is 0 Å². The molecule has 4 amide bonds. The molecule has 0 saturated heterocycles. The smallest absolute Gasteiger partial charge is 0.322 e. The van der Waals surface area contributed by atoms with Crippen LogP contribution in [-0.2, 0) is 16.1 Å². The second-order valence-corrected chi connectivity index (χ2v) is 7.62. The minimum Gasteiger partial charge on any atom is -0.467 e. The lowest BCUT2D eigenvalue weighted by atomic mass is 9.94. The fourth-order valence-electron chi connectivity index (χ4n) is 3.88. The molecule has 0 fully saturated rings. The summed E-state index contributed by atoms with van der Waals surface area (Å²) >= 11 is 0. The molecule has 0 unspecified atom stereocenters. The highest BCUT2D eigenvalue weighted by molar-refractivity contribution is 6.03. The normalized spacial score (nSPS) is 19.6. The van der Waals surface area contributed by atoms with E-state index in [1.54, 1.807) is 26.1 Å². The first-order valence-electron chi connectivity index (χ1n) is 9.81. The summed E-state index contributed by atoms with van der Waals surface area (Å²) in [5, 5.41) is 5.71. The Balaban J connectivity index is 1.56. The quantitative estimate of drug-likeness (QED) is 0.792. The summed E-state index contributed by atoms with van der Waals surface area (Å²) in [6.45, 7) is 4.10. The van der Waals surface area contributed by atoms with E-state index in [-0.39, 0.29) is 30.9 Å². The second kappa shape index (κ2) is 7.70. The van der Waals surface area contributed by atoms with E-state index >= 15 is 0 Å². The highest BCUT2D eigenvalue weighted by Gasteiger charge is 2.45. The van der Waals surface area contributed by atoms with Gasteiger partial charge in [-0.05, 0) is 31.5 Å². The average molecular weight is 408 g/mol. The summed E-state index contributed by atoms with van der Waals surface area (Å²) in [5.41, 5.74) is 3.01. The van der Waals surface area contributed by atoms with E-state index in [9.17, 15) is 14.4 Å². The van der Waals surface area contributed by atoms with Gasteiger partial charge >= 0.3 is 6.03 Å². The number of rotatable bonds is 5. The van der Waals surface area contributed by atoms with Crippen LogP contribution < -0.4 is 10.6 Å². The number of hydrogen-bond acceptors (Lipinski definition) is 4. The number of furan rings is 1. The summed E-state index contributed by atoms with van der Waals surface area (Å²) < 4.78 is 5.23. The van der Waals surface area contributed by atoms with Gasteiger partial charge in [-0.25, -0.2) is 4.79 Å². The largest absolute Gasteiger partial charge is 0.467 e. The Kier molecular flexibility index (Phi) is 5.07. The fraction of sp³-hybridized carbons (Fsp3) is 0.318. The zero-order valence-electron chi connectivity index (χ0n) is 17.1. The molecule has 3 heterocycles. The van der Waals surface area contributed by atoms with Gasteiger partial charge in [0.2, 0.25) is 5.91 Å². The second-order valence-electron chi connectivity index (χ2n) is 7.62. The van der Waals surface area contributed by atoms with Crippen molar-refractivity contribution in [3.05, 3.63) is 70.8 Å². The number of hydrogen-bond donors (Lipinski definition) is 2. The lowest BCUT2D eigenvalue weighted by molar-refractivity contribution is -0.135. The molecule has 2 aliphatic rings. The van der Waals surface area contributed by atoms with Crippen molar-refractivity contribution < 1.29 is 18.8 Å². The number of likely N-dealkylation sites (N-methyl/N-ethyl adjacent to an activating group) is 1. The van der Waals surface area contributed by atoms with E-state index < -0.39 is 12.1 Å². The van der Waals surface area contributed by atoms with Crippen LogP contribution in [-0.4, -0.2) is 47.3 Å². The first kappa shape index (κ1) is 19.8. The molecule has 1 aromatic carbocycles. The van der Waals surface area contributed by atoms with Gasteiger partial charge in [0.1, 0.15) is 11.8 Å². The predicted octanol–water partition coefficient (Wildman–Crippen LogP) is 2.09. The molecule has 1 aromatic heterocycles. The van der Waals surface area contributed by atoms with Crippen molar-refractivity contribution in [3.8, 4) is 0 Å². The van der Waals surface area contributed by atoms with Crippen molar-refractivity contribution in [1.82, 2.24) is 20.4 Å². The standard InChI is InChI=1S/C22H24N4O4/c1-13-6-4-7-15(10-13)19-18-17(25(3)22(29)24-19)12-26(21(18)28)14(2)20(27)23-11-16-8-5-9-30-16/h4-10,14,19H,11-12H2,1-3H3,(H,23,27)(H,24,29)/t14-,19+/m1/s1. The van der Waals surface area contributed by atoms with Crippen molar-refractivity contribution in [2.24, 2.45) is 0 Å². The Labute approximate surface area is 174 Å². The van der Waals surface area contributed by atoms with Crippen molar-refractivity contribution >= 4 is 17.8 Å². The third-order valence-electron chi connectivity index (χ3n) is 5.63. The first-order chi connectivity index (χ1) is 14.4. The van der Waals surface area contributed by atoms with Crippen molar-refractivity contribution in [2.45, 2.75) is 32.5 Å². The third kappa shape index (κ3) is 3.45. The Morgan fingerprint density at radius 3 is 2.80 bits per heavy atom. The van der Waals surface area contributed by atoms with E-state index in [0.717, 1.165) is 11.1 Å². The summed E-state index contributed by atoms with van der Waals surface area (Å²) in [5.74, 6) is 0.104. The van der Waals surface area contributed by atoms with Crippen LogP contribution in [0.15, 0.2) is 58.3 Å². The van der Waals surface area contributed by atoms with Gasteiger partial charge in [0.25, 0.3) is 5.91 Å².